The van der Waals surface area contributed by atoms with Crippen LogP contribution in [0.25, 0.3) is 16.6 Å². The molecule has 2 aromatic heterocycles. The summed E-state index contributed by atoms with van der Waals surface area (Å²) >= 11 is 0. The van der Waals surface area contributed by atoms with Crippen LogP contribution in [-0.2, 0) is 6.18 Å². The first-order valence-electron chi connectivity index (χ1n) is 5.08. The van der Waals surface area contributed by atoms with Gasteiger partial charge in [-0.15, -0.1) is 0 Å². The second kappa shape index (κ2) is 3.46. The Bertz CT molecular complexity index is 903. The largest absolute Gasteiger partial charge is 0.416 e. The van der Waals surface area contributed by atoms with Crippen molar-refractivity contribution in [2.75, 3.05) is 0 Å². The van der Waals surface area contributed by atoms with Crippen LogP contribution in [0.4, 0.5) is 13.2 Å². The molecule has 9 heteroatoms. The van der Waals surface area contributed by atoms with E-state index in [1.807, 2.05) is 0 Å². The van der Waals surface area contributed by atoms with Crippen molar-refractivity contribution >= 4 is 16.6 Å². The Morgan fingerprint density at radius 3 is 2.58 bits per heavy atom. The topological polar surface area (TPSA) is 83.0 Å². The molecule has 2 heterocycles. The van der Waals surface area contributed by atoms with Crippen LogP contribution in [-0.4, -0.2) is 19.6 Å². The summed E-state index contributed by atoms with van der Waals surface area (Å²) in [5.74, 6) is 0. The van der Waals surface area contributed by atoms with Crippen molar-refractivity contribution < 1.29 is 13.2 Å². The first-order chi connectivity index (χ1) is 8.88. The van der Waals surface area contributed by atoms with Gasteiger partial charge in [-0.1, -0.05) is 0 Å². The molecule has 19 heavy (non-hydrogen) atoms. The van der Waals surface area contributed by atoms with Crippen LogP contribution in [0.5, 0.6) is 0 Å². The van der Waals surface area contributed by atoms with Gasteiger partial charge < -0.3 is 4.98 Å². The number of rotatable bonds is 0. The zero-order valence-corrected chi connectivity index (χ0v) is 9.08. The molecule has 3 aromatic rings. The molecule has 0 saturated heterocycles. The number of benzene rings is 1. The Kier molecular flexibility index (Phi) is 2.10. The van der Waals surface area contributed by atoms with Crippen molar-refractivity contribution in [1.29, 1.82) is 0 Å². The van der Waals surface area contributed by atoms with Gasteiger partial charge in [-0.2, -0.15) is 22.7 Å². The van der Waals surface area contributed by atoms with Gasteiger partial charge in [0.05, 0.1) is 11.1 Å². The van der Waals surface area contributed by atoms with Crippen LogP contribution in [0, 0.1) is 0 Å². The number of halogens is 3. The molecule has 98 valence electrons. The lowest BCUT2D eigenvalue weighted by Gasteiger charge is -2.07. The van der Waals surface area contributed by atoms with E-state index in [2.05, 4.69) is 15.2 Å². The van der Waals surface area contributed by atoms with Gasteiger partial charge in [0.1, 0.15) is 0 Å². The van der Waals surface area contributed by atoms with E-state index in [9.17, 15) is 22.8 Å². The summed E-state index contributed by atoms with van der Waals surface area (Å²) in [4.78, 5) is 25.1. The van der Waals surface area contributed by atoms with Gasteiger partial charge in [0.15, 0.2) is 5.65 Å². The van der Waals surface area contributed by atoms with Crippen LogP contribution in [0.2, 0.25) is 0 Å². The van der Waals surface area contributed by atoms with E-state index in [1.165, 1.54) is 0 Å². The van der Waals surface area contributed by atoms with Crippen LogP contribution < -0.4 is 11.4 Å². The van der Waals surface area contributed by atoms with Gasteiger partial charge in [0.2, 0.25) is 0 Å². The molecule has 0 atom stereocenters. The minimum Gasteiger partial charge on any atom is -0.306 e. The third kappa shape index (κ3) is 1.62. The molecule has 0 saturated carbocycles. The Hall–Kier alpha value is -2.58. The zero-order chi connectivity index (χ0) is 13.8. The third-order valence-corrected chi connectivity index (χ3v) is 2.70. The predicted octanol–water partition coefficient (Wildman–Crippen LogP) is 0.883. The number of hydrogen-bond acceptors (Lipinski definition) is 3. The number of aromatic nitrogens is 4. The summed E-state index contributed by atoms with van der Waals surface area (Å²) in [5, 5.41) is 5.93. The summed E-state index contributed by atoms with van der Waals surface area (Å²) in [6.07, 6.45) is -4.51. The molecule has 6 nitrogen and oxygen atoms in total. The van der Waals surface area contributed by atoms with Gasteiger partial charge in [-0.3, -0.25) is 0 Å². The molecular formula is C10H5F3N4O2. The van der Waals surface area contributed by atoms with Gasteiger partial charge in [-0.05, 0) is 18.2 Å². The molecule has 0 amide bonds. The van der Waals surface area contributed by atoms with E-state index < -0.39 is 23.1 Å². The zero-order valence-electron chi connectivity index (χ0n) is 9.08. The maximum atomic E-state index is 12.6. The normalized spacial score (nSPS) is 12.4. The number of aromatic amines is 2. The van der Waals surface area contributed by atoms with E-state index in [1.54, 1.807) is 0 Å². The molecule has 0 aliphatic carbocycles. The molecule has 0 radical (unpaired) electrons. The van der Waals surface area contributed by atoms with Gasteiger partial charge >= 0.3 is 17.6 Å². The summed E-state index contributed by atoms with van der Waals surface area (Å²) in [6, 6.07) is 2.82. The van der Waals surface area contributed by atoms with Crippen molar-refractivity contribution in [3.8, 4) is 0 Å². The summed E-state index contributed by atoms with van der Waals surface area (Å²) < 4.78 is 38.4. The second-order valence-electron chi connectivity index (χ2n) is 3.88. The van der Waals surface area contributed by atoms with E-state index >= 15 is 0 Å². The Balaban J connectivity index is 2.47. The van der Waals surface area contributed by atoms with Gasteiger partial charge in [-0.25, -0.2) is 14.7 Å². The lowest BCUT2D eigenvalue weighted by molar-refractivity contribution is -0.137. The fourth-order valence-electron chi connectivity index (χ4n) is 1.86. The predicted molar refractivity (Wildman–Crippen MR) is 58.9 cm³/mol. The van der Waals surface area contributed by atoms with Crippen LogP contribution >= 0.6 is 0 Å². The molecule has 3 rings (SSSR count). The minimum absolute atomic E-state index is 0.0162. The van der Waals surface area contributed by atoms with Crippen molar-refractivity contribution in [1.82, 2.24) is 19.6 Å². The number of alkyl halides is 3. The van der Waals surface area contributed by atoms with Crippen molar-refractivity contribution in [2.45, 2.75) is 6.18 Å². The Morgan fingerprint density at radius 1 is 1.16 bits per heavy atom. The molecule has 0 unspecified atom stereocenters. The highest BCUT2D eigenvalue weighted by atomic mass is 19.4. The molecule has 0 spiro atoms. The highest BCUT2D eigenvalue weighted by molar-refractivity contribution is 5.91. The molecule has 0 bridgehead atoms. The average Bonchev–Trinajstić information content (AvgIpc) is 2.70. The molecule has 0 aliphatic rings. The quantitative estimate of drug-likeness (QED) is 0.636. The monoisotopic (exact) mass is 270 g/mol. The molecule has 1 aromatic carbocycles. The Labute approximate surface area is 101 Å². The molecule has 2 N–H and O–H groups in total. The lowest BCUT2D eigenvalue weighted by Crippen LogP contribution is -2.26. The van der Waals surface area contributed by atoms with Crippen LogP contribution in [0.1, 0.15) is 5.56 Å². The van der Waals surface area contributed by atoms with Crippen molar-refractivity contribution in [3.63, 3.8) is 0 Å². The van der Waals surface area contributed by atoms with E-state index in [4.69, 9.17) is 0 Å². The summed E-state index contributed by atoms with van der Waals surface area (Å²) in [7, 11) is 0. The van der Waals surface area contributed by atoms with Gasteiger partial charge in [0, 0.05) is 5.39 Å². The highest BCUT2D eigenvalue weighted by Gasteiger charge is 2.30. The lowest BCUT2D eigenvalue weighted by atomic mass is 10.1. The van der Waals surface area contributed by atoms with Gasteiger partial charge in [0.25, 0.3) is 0 Å². The average molecular weight is 270 g/mol. The summed E-state index contributed by atoms with van der Waals surface area (Å²) in [6.45, 7) is 0. The maximum absolute atomic E-state index is 12.6. The summed E-state index contributed by atoms with van der Waals surface area (Å²) in [5.41, 5.74) is -2.54. The third-order valence-electron chi connectivity index (χ3n) is 2.70. The number of hydrogen-bond donors (Lipinski definition) is 2. The van der Waals surface area contributed by atoms with Crippen molar-refractivity contribution in [2.24, 2.45) is 0 Å². The van der Waals surface area contributed by atoms with E-state index in [-0.39, 0.29) is 16.6 Å². The molecule has 0 aliphatic heterocycles. The number of fused-ring (bicyclic) bond motifs is 3. The number of nitrogens with one attached hydrogen (secondary N) is 2. The second-order valence-corrected chi connectivity index (χ2v) is 3.88. The van der Waals surface area contributed by atoms with Crippen molar-refractivity contribution in [3.05, 3.63) is 44.7 Å². The standard InChI is InChI=1S/C10H5F3N4O2/c11-10(12,13)4-1-2-5-6(3-4)14-8(18)17-7(5)15-16-9(17)19/h1-3H,(H,14,18)(H,16,19). The smallest absolute Gasteiger partial charge is 0.306 e. The number of nitrogens with zero attached hydrogens (tertiary/aromatic N) is 2. The fourth-order valence-corrected chi connectivity index (χ4v) is 1.86. The maximum Gasteiger partial charge on any atom is 0.416 e. The van der Waals surface area contributed by atoms with E-state index in [0.29, 0.717) is 0 Å². The van der Waals surface area contributed by atoms with Crippen LogP contribution in [0.15, 0.2) is 27.8 Å². The molecule has 0 fully saturated rings. The molecular weight excluding hydrogens is 265 g/mol. The SMILES string of the molecule is O=c1[nH]nc2c3ccc(C(F)(F)F)cc3[nH]c(=O)n12. The Morgan fingerprint density at radius 2 is 1.89 bits per heavy atom. The fraction of sp³-hybridized carbons (Fsp3) is 0.100. The number of H-pyrrole nitrogens is 2. The first kappa shape index (κ1) is 11.5. The highest BCUT2D eigenvalue weighted by Crippen LogP contribution is 2.31. The van der Waals surface area contributed by atoms with E-state index in [0.717, 1.165) is 22.6 Å². The minimum atomic E-state index is -4.51. The first-order valence-corrected chi connectivity index (χ1v) is 5.08. The van der Waals surface area contributed by atoms with Crippen LogP contribution in [0.3, 0.4) is 0 Å².